The molecular formula is C13H21NO2. The van der Waals surface area contributed by atoms with Gasteiger partial charge in [0, 0.05) is 11.1 Å². The highest BCUT2D eigenvalue weighted by atomic mass is 16.5. The van der Waals surface area contributed by atoms with Gasteiger partial charge in [-0.15, -0.1) is 0 Å². The molecule has 1 aromatic rings. The van der Waals surface area contributed by atoms with E-state index in [1.807, 2.05) is 32.9 Å². The van der Waals surface area contributed by atoms with E-state index < -0.39 is 0 Å². The normalized spacial score (nSPS) is 11.4. The van der Waals surface area contributed by atoms with Gasteiger partial charge in [-0.1, -0.05) is 6.07 Å². The minimum atomic E-state index is -0.242. The SMILES string of the molecule is COc1ccc(CC(C)(C)N)c(OC)c1C. The summed E-state index contributed by atoms with van der Waals surface area (Å²) in [5, 5.41) is 0. The zero-order valence-electron chi connectivity index (χ0n) is 10.8. The van der Waals surface area contributed by atoms with Crippen molar-refractivity contribution in [3.63, 3.8) is 0 Å². The number of hydrogen-bond donors (Lipinski definition) is 1. The highest BCUT2D eigenvalue weighted by Gasteiger charge is 2.17. The molecule has 0 amide bonds. The maximum absolute atomic E-state index is 6.02. The Balaban J connectivity index is 3.16. The largest absolute Gasteiger partial charge is 0.496 e. The summed E-state index contributed by atoms with van der Waals surface area (Å²) in [5.41, 5.74) is 7.92. The Morgan fingerprint density at radius 1 is 1.19 bits per heavy atom. The van der Waals surface area contributed by atoms with E-state index in [2.05, 4.69) is 0 Å². The van der Waals surface area contributed by atoms with Crippen molar-refractivity contribution in [2.24, 2.45) is 5.73 Å². The van der Waals surface area contributed by atoms with E-state index in [9.17, 15) is 0 Å². The Morgan fingerprint density at radius 3 is 2.25 bits per heavy atom. The van der Waals surface area contributed by atoms with Crippen LogP contribution < -0.4 is 15.2 Å². The molecule has 1 aromatic carbocycles. The number of benzene rings is 1. The number of nitrogens with two attached hydrogens (primary N) is 1. The molecule has 16 heavy (non-hydrogen) atoms. The van der Waals surface area contributed by atoms with Gasteiger partial charge < -0.3 is 15.2 Å². The molecule has 0 atom stereocenters. The Bertz CT molecular complexity index is 367. The minimum absolute atomic E-state index is 0.242. The molecule has 0 aromatic heterocycles. The van der Waals surface area contributed by atoms with Crippen LogP contribution in [0.25, 0.3) is 0 Å². The van der Waals surface area contributed by atoms with Crippen molar-refractivity contribution >= 4 is 0 Å². The van der Waals surface area contributed by atoms with Crippen LogP contribution in [-0.4, -0.2) is 19.8 Å². The van der Waals surface area contributed by atoms with E-state index in [1.54, 1.807) is 14.2 Å². The molecule has 0 aliphatic heterocycles. The van der Waals surface area contributed by atoms with E-state index in [1.165, 1.54) is 0 Å². The van der Waals surface area contributed by atoms with Gasteiger partial charge in [-0.05, 0) is 38.8 Å². The van der Waals surface area contributed by atoms with Gasteiger partial charge >= 0.3 is 0 Å². The lowest BCUT2D eigenvalue weighted by atomic mass is 9.94. The van der Waals surface area contributed by atoms with Crippen LogP contribution in [0.3, 0.4) is 0 Å². The quantitative estimate of drug-likeness (QED) is 0.851. The first-order chi connectivity index (χ1) is 7.39. The molecule has 0 spiro atoms. The van der Waals surface area contributed by atoms with E-state index in [0.717, 1.165) is 29.0 Å². The Labute approximate surface area is 97.6 Å². The van der Waals surface area contributed by atoms with Gasteiger partial charge in [0.25, 0.3) is 0 Å². The molecule has 0 heterocycles. The summed E-state index contributed by atoms with van der Waals surface area (Å²) in [7, 11) is 3.34. The van der Waals surface area contributed by atoms with Crippen molar-refractivity contribution in [3.05, 3.63) is 23.3 Å². The molecule has 0 saturated heterocycles. The lowest BCUT2D eigenvalue weighted by Gasteiger charge is -2.21. The molecular weight excluding hydrogens is 202 g/mol. The maximum Gasteiger partial charge on any atom is 0.128 e. The first-order valence-corrected chi connectivity index (χ1v) is 5.38. The lowest BCUT2D eigenvalue weighted by Crippen LogP contribution is -2.34. The van der Waals surface area contributed by atoms with Crippen LogP contribution in [0.2, 0.25) is 0 Å². The monoisotopic (exact) mass is 223 g/mol. The van der Waals surface area contributed by atoms with Gasteiger partial charge in [0.2, 0.25) is 0 Å². The van der Waals surface area contributed by atoms with Crippen LogP contribution in [0, 0.1) is 6.92 Å². The van der Waals surface area contributed by atoms with E-state index in [0.29, 0.717) is 0 Å². The molecule has 0 aliphatic carbocycles. The lowest BCUT2D eigenvalue weighted by molar-refractivity contribution is 0.381. The summed E-state index contributed by atoms with van der Waals surface area (Å²) in [6.07, 6.45) is 0.779. The standard InChI is InChI=1S/C13H21NO2/c1-9-11(15-4)7-6-10(12(9)16-5)8-13(2,3)14/h6-7H,8,14H2,1-5H3. The summed E-state index contributed by atoms with van der Waals surface area (Å²) in [6, 6.07) is 3.97. The fraction of sp³-hybridized carbons (Fsp3) is 0.538. The average Bonchev–Trinajstić information content (AvgIpc) is 2.16. The molecule has 0 bridgehead atoms. The summed E-state index contributed by atoms with van der Waals surface area (Å²) in [6.45, 7) is 6.00. The molecule has 0 radical (unpaired) electrons. The Morgan fingerprint density at radius 2 is 1.81 bits per heavy atom. The summed E-state index contributed by atoms with van der Waals surface area (Å²) < 4.78 is 10.7. The third kappa shape index (κ3) is 2.89. The highest BCUT2D eigenvalue weighted by molar-refractivity contribution is 5.49. The fourth-order valence-electron chi connectivity index (χ4n) is 1.87. The molecule has 3 heteroatoms. The third-order valence-corrected chi connectivity index (χ3v) is 2.51. The molecule has 2 N–H and O–H groups in total. The predicted octanol–water partition coefficient (Wildman–Crippen LogP) is 2.29. The van der Waals surface area contributed by atoms with Crippen LogP contribution in [0.1, 0.15) is 25.0 Å². The van der Waals surface area contributed by atoms with Crippen molar-refractivity contribution in [1.29, 1.82) is 0 Å². The number of hydrogen-bond acceptors (Lipinski definition) is 3. The van der Waals surface area contributed by atoms with E-state index >= 15 is 0 Å². The predicted molar refractivity (Wildman–Crippen MR) is 66.3 cm³/mol. The number of methoxy groups -OCH3 is 2. The second-order valence-electron chi connectivity index (χ2n) is 4.75. The van der Waals surface area contributed by atoms with Gasteiger partial charge in [0.1, 0.15) is 11.5 Å². The fourth-order valence-corrected chi connectivity index (χ4v) is 1.87. The van der Waals surface area contributed by atoms with Crippen LogP contribution in [0.15, 0.2) is 12.1 Å². The van der Waals surface area contributed by atoms with Crippen molar-refractivity contribution in [2.75, 3.05) is 14.2 Å². The van der Waals surface area contributed by atoms with Crippen molar-refractivity contribution < 1.29 is 9.47 Å². The summed E-state index contributed by atoms with van der Waals surface area (Å²) >= 11 is 0. The van der Waals surface area contributed by atoms with Crippen molar-refractivity contribution in [3.8, 4) is 11.5 Å². The van der Waals surface area contributed by atoms with Gasteiger partial charge in [-0.3, -0.25) is 0 Å². The molecule has 0 aliphatic rings. The number of ether oxygens (including phenoxy) is 2. The first kappa shape index (κ1) is 12.8. The highest BCUT2D eigenvalue weighted by Crippen LogP contribution is 2.32. The van der Waals surface area contributed by atoms with Crippen LogP contribution in [-0.2, 0) is 6.42 Å². The topological polar surface area (TPSA) is 44.5 Å². The Hall–Kier alpha value is -1.22. The summed E-state index contributed by atoms with van der Waals surface area (Å²) in [4.78, 5) is 0. The Kier molecular flexibility index (Phi) is 3.81. The van der Waals surface area contributed by atoms with Crippen LogP contribution in [0.4, 0.5) is 0 Å². The van der Waals surface area contributed by atoms with Crippen LogP contribution >= 0.6 is 0 Å². The van der Waals surface area contributed by atoms with Crippen LogP contribution in [0.5, 0.6) is 11.5 Å². The van der Waals surface area contributed by atoms with Gasteiger partial charge in [0.05, 0.1) is 14.2 Å². The van der Waals surface area contributed by atoms with E-state index in [-0.39, 0.29) is 5.54 Å². The minimum Gasteiger partial charge on any atom is -0.496 e. The van der Waals surface area contributed by atoms with Gasteiger partial charge in [-0.25, -0.2) is 0 Å². The molecule has 0 saturated carbocycles. The van der Waals surface area contributed by atoms with E-state index in [4.69, 9.17) is 15.2 Å². The smallest absolute Gasteiger partial charge is 0.128 e. The molecule has 3 nitrogen and oxygen atoms in total. The number of rotatable bonds is 4. The third-order valence-electron chi connectivity index (χ3n) is 2.51. The van der Waals surface area contributed by atoms with Gasteiger partial charge in [-0.2, -0.15) is 0 Å². The maximum atomic E-state index is 6.02. The summed E-state index contributed by atoms with van der Waals surface area (Å²) in [5.74, 6) is 1.72. The molecule has 0 fully saturated rings. The molecule has 0 unspecified atom stereocenters. The van der Waals surface area contributed by atoms with Gasteiger partial charge in [0.15, 0.2) is 0 Å². The zero-order chi connectivity index (χ0) is 12.3. The van der Waals surface area contributed by atoms with Crippen molar-refractivity contribution in [2.45, 2.75) is 32.7 Å². The molecule has 1 rings (SSSR count). The first-order valence-electron chi connectivity index (χ1n) is 5.38. The second-order valence-corrected chi connectivity index (χ2v) is 4.75. The molecule has 90 valence electrons. The second kappa shape index (κ2) is 4.74. The average molecular weight is 223 g/mol. The van der Waals surface area contributed by atoms with Crippen molar-refractivity contribution in [1.82, 2.24) is 0 Å². The zero-order valence-corrected chi connectivity index (χ0v) is 10.8.